The number of para-hydroxylation sites is 1. The van der Waals surface area contributed by atoms with Gasteiger partial charge in [-0.1, -0.05) is 30.7 Å². The Hall–Kier alpha value is -2.79. The van der Waals surface area contributed by atoms with Crippen LogP contribution >= 0.6 is 0 Å². The number of hydrogen-bond donors (Lipinski definition) is 1. The Balaban J connectivity index is 1.46. The van der Waals surface area contributed by atoms with Crippen molar-refractivity contribution in [3.8, 4) is 23.0 Å². The van der Waals surface area contributed by atoms with Gasteiger partial charge in [0.05, 0.1) is 18.4 Å². The average molecular weight is 407 g/mol. The van der Waals surface area contributed by atoms with E-state index >= 15 is 0 Å². The minimum absolute atomic E-state index is 0.324. The summed E-state index contributed by atoms with van der Waals surface area (Å²) in [6.45, 7) is 3.90. The van der Waals surface area contributed by atoms with Gasteiger partial charge in [0.2, 0.25) is 5.89 Å². The molecule has 3 aromatic rings. The molecule has 30 heavy (non-hydrogen) atoms. The lowest BCUT2D eigenvalue weighted by Gasteiger charge is -2.35. The highest BCUT2D eigenvalue weighted by Gasteiger charge is 2.25. The summed E-state index contributed by atoms with van der Waals surface area (Å²) >= 11 is 0. The lowest BCUT2D eigenvalue weighted by Crippen LogP contribution is -2.39. The summed E-state index contributed by atoms with van der Waals surface area (Å²) in [5, 5.41) is 9.49. The summed E-state index contributed by atoms with van der Waals surface area (Å²) < 4.78 is 11.5. The van der Waals surface area contributed by atoms with Gasteiger partial charge in [-0.2, -0.15) is 0 Å². The lowest BCUT2D eigenvalue weighted by atomic mass is 9.95. The van der Waals surface area contributed by atoms with Crippen LogP contribution in [0.15, 0.2) is 52.9 Å². The first-order valence-corrected chi connectivity index (χ1v) is 10.8. The third-order valence-corrected chi connectivity index (χ3v) is 6.03. The number of phenolic OH excluding ortho intramolecular Hbond substituents is 1. The number of oxazole rings is 1. The van der Waals surface area contributed by atoms with Crippen molar-refractivity contribution in [3.63, 3.8) is 0 Å². The van der Waals surface area contributed by atoms with Crippen molar-refractivity contribution >= 4 is 0 Å². The van der Waals surface area contributed by atoms with E-state index in [1.807, 2.05) is 43.3 Å². The number of nitrogens with zero attached hydrogens (tertiary/aromatic N) is 2. The quantitative estimate of drug-likeness (QED) is 0.573. The molecule has 4 rings (SSSR count). The molecule has 2 aromatic carbocycles. The summed E-state index contributed by atoms with van der Waals surface area (Å²) in [4.78, 5) is 7.39. The van der Waals surface area contributed by atoms with Crippen LogP contribution in [-0.2, 0) is 13.0 Å². The summed E-state index contributed by atoms with van der Waals surface area (Å²) in [6.07, 6.45) is 5.86. The van der Waals surface area contributed by atoms with Gasteiger partial charge >= 0.3 is 0 Å². The number of rotatable bonds is 7. The average Bonchev–Trinajstić information content (AvgIpc) is 3.14. The highest BCUT2D eigenvalue weighted by atomic mass is 16.5. The zero-order valence-electron chi connectivity index (χ0n) is 17.8. The van der Waals surface area contributed by atoms with E-state index in [9.17, 15) is 5.11 Å². The summed E-state index contributed by atoms with van der Waals surface area (Å²) in [7, 11) is 1.67. The molecular formula is C25H30N2O3. The first-order valence-electron chi connectivity index (χ1n) is 10.8. The Bertz CT molecular complexity index is 965. The number of piperidine rings is 1. The van der Waals surface area contributed by atoms with E-state index in [4.69, 9.17) is 14.1 Å². The molecule has 1 aliphatic rings. The van der Waals surface area contributed by atoms with E-state index in [2.05, 4.69) is 4.90 Å². The second-order valence-corrected chi connectivity index (χ2v) is 8.05. The Morgan fingerprint density at radius 3 is 2.73 bits per heavy atom. The molecule has 1 N–H and O–H groups in total. The standard InChI is InChI=1S/C25H30N2O3/c1-18-23(26-25(30-18)22-8-3-4-9-24(22)29-2)17-27-16-6-5-7-20(27)13-10-19-11-14-21(28)15-12-19/h3-4,8-9,11-12,14-15,20,28H,5-7,10,13,16-17H2,1-2H3. The zero-order chi connectivity index (χ0) is 20.9. The van der Waals surface area contributed by atoms with E-state index < -0.39 is 0 Å². The number of methoxy groups -OCH3 is 1. The molecular weight excluding hydrogens is 376 g/mol. The molecule has 1 aliphatic heterocycles. The molecule has 1 saturated heterocycles. The third-order valence-electron chi connectivity index (χ3n) is 6.03. The molecule has 1 fully saturated rings. The third kappa shape index (κ3) is 4.68. The van der Waals surface area contributed by atoms with E-state index in [0.717, 1.165) is 48.7 Å². The first-order chi connectivity index (χ1) is 14.6. The highest BCUT2D eigenvalue weighted by molar-refractivity contribution is 5.62. The molecule has 0 radical (unpaired) electrons. The van der Waals surface area contributed by atoms with Gasteiger partial charge in [0, 0.05) is 12.6 Å². The van der Waals surface area contributed by atoms with E-state index in [-0.39, 0.29) is 0 Å². The number of aryl methyl sites for hydroxylation is 2. The number of aromatic hydroxyl groups is 1. The van der Waals surface area contributed by atoms with Gasteiger partial charge in [-0.05, 0) is 69.0 Å². The fourth-order valence-corrected chi connectivity index (χ4v) is 4.29. The Labute approximate surface area is 178 Å². The van der Waals surface area contributed by atoms with E-state index in [1.165, 1.54) is 24.8 Å². The van der Waals surface area contributed by atoms with Crippen LogP contribution in [0.25, 0.3) is 11.5 Å². The van der Waals surface area contributed by atoms with Gasteiger partial charge in [-0.3, -0.25) is 4.90 Å². The molecule has 158 valence electrons. The van der Waals surface area contributed by atoms with Crippen LogP contribution in [0.2, 0.25) is 0 Å². The van der Waals surface area contributed by atoms with Crippen LogP contribution < -0.4 is 4.74 Å². The fraction of sp³-hybridized carbons (Fsp3) is 0.400. The molecule has 5 heteroatoms. The zero-order valence-corrected chi connectivity index (χ0v) is 17.8. The van der Waals surface area contributed by atoms with Crippen molar-refractivity contribution in [1.29, 1.82) is 0 Å². The molecule has 0 bridgehead atoms. The molecule has 0 spiro atoms. The molecule has 1 unspecified atom stereocenters. The van der Waals surface area contributed by atoms with E-state index in [1.54, 1.807) is 19.2 Å². The normalized spacial score (nSPS) is 17.2. The number of phenols is 1. The molecule has 0 saturated carbocycles. The SMILES string of the molecule is COc1ccccc1-c1nc(CN2CCCCC2CCc2ccc(O)cc2)c(C)o1. The predicted molar refractivity (Wildman–Crippen MR) is 118 cm³/mol. The monoisotopic (exact) mass is 406 g/mol. The Morgan fingerprint density at radius 2 is 1.93 bits per heavy atom. The van der Waals surface area contributed by atoms with Crippen LogP contribution in [0, 0.1) is 6.92 Å². The molecule has 5 nitrogen and oxygen atoms in total. The van der Waals surface area contributed by atoms with Gasteiger partial charge in [0.1, 0.15) is 17.3 Å². The van der Waals surface area contributed by atoms with E-state index in [0.29, 0.717) is 17.7 Å². The fourth-order valence-electron chi connectivity index (χ4n) is 4.29. The summed E-state index contributed by atoms with van der Waals surface area (Å²) in [5.41, 5.74) is 3.17. The molecule has 1 aromatic heterocycles. The van der Waals surface area contributed by atoms with Crippen molar-refractivity contribution in [1.82, 2.24) is 9.88 Å². The number of aromatic nitrogens is 1. The van der Waals surface area contributed by atoms with Crippen LogP contribution in [0.5, 0.6) is 11.5 Å². The lowest BCUT2D eigenvalue weighted by molar-refractivity contribution is 0.130. The molecule has 2 heterocycles. The summed E-state index contributed by atoms with van der Waals surface area (Å²) in [6, 6.07) is 15.9. The van der Waals surface area contributed by atoms with Gasteiger partial charge in [0.25, 0.3) is 0 Å². The molecule has 0 amide bonds. The predicted octanol–water partition coefficient (Wildman–Crippen LogP) is 5.35. The van der Waals surface area contributed by atoms with Crippen molar-refractivity contribution in [2.24, 2.45) is 0 Å². The van der Waals surface area contributed by atoms with Crippen molar-refractivity contribution in [3.05, 3.63) is 65.5 Å². The second kappa shape index (κ2) is 9.35. The minimum atomic E-state index is 0.324. The highest BCUT2D eigenvalue weighted by Crippen LogP contribution is 2.31. The maximum atomic E-state index is 9.49. The van der Waals surface area contributed by atoms with Gasteiger partial charge in [-0.15, -0.1) is 0 Å². The van der Waals surface area contributed by atoms with Crippen LogP contribution in [0.4, 0.5) is 0 Å². The topological polar surface area (TPSA) is 58.7 Å². The van der Waals surface area contributed by atoms with Crippen LogP contribution in [-0.4, -0.2) is 34.7 Å². The van der Waals surface area contributed by atoms with Gasteiger partial charge < -0.3 is 14.3 Å². The second-order valence-electron chi connectivity index (χ2n) is 8.05. The number of benzene rings is 2. The Morgan fingerprint density at radius 1 is 1.13 bits per heavy atom. The first kappa shape index (κ1) is 20.5. The van der Waals surface area contributed by atoms with Gasteiger partial charge in [0.15, 0.2) is 0 Å². The maximum absolute atomic E-state index is 9.49. The number of likely N-dealkylation sites (tertiary alicyclic amines) is 1. The maximum Gasteiger partial charge on any atom is 0.230 e. The van der Waals surface area contributed by atoms with Crippen molar-refractivity contribution in [2.75, 3.05) is 13.7 Å². The number of ether oxygens (including phenoxy) is 1. The Kier molecular flexibility index (Phi) is 6.38. The van der Waals surface area contributed by atoms with Crippen LogP contribution in [0.3, 0.4) is 0 Å². The molecule has 1 atom stereocenters. The van der Waals surface area contributed by atoms with Crippen molar-refractivity contribution < 1.29 is 14.3 Å². The smallest absolute Gasteiger partial charge is 0.230 e. The minimum Gasteiger partial charge on any atom is -0.508 e. The molecule has 0 aliphatic carbocycles. The summed E-state index contributed by atoms with van der Waals surface area (Å²) in [5.74, 6) is 2.59. The van der Waals surface area contributed by atoms with Crippen LogP contribution in [0.1, 0.15) is 42.7 Å². The van der Waals surface area contributed by atoms with Crippen molar-refractivity contribution in [2.45, 2.75) is 51.6 Å². The largest absolute Gasteiger partial charge is 0.508 e. The van der Waals surface area contributed by atoms with Gasteiger partial charge in [-0.25, -0.2) is 4.98 Å². The number of hydrogen-bond acceptors (Lipinski definition) is 5.